The van der Waals surface area contributed by atoms with Gasteiger partial charge in [-0.1, -0.05) is 17.7 Å². The molecule has 1 aromatic carbocycles. The fourth-order valence-corrected chi connectivity index (χ4v) is 3.20. The van der Waals surface area contributed by atoms with Gasteiger partial charge in [0, 0.05) is 27.7 Å². The molecule has 0 unspecified atom stereocenters. The normalized spacial score (nSPS) is 12.5. The van der Waals surface area contributed by atoms with Crippen LogP contribution in [-0.2, 0) is 0 Å². The predicted molar refractivity (Wildman–Crippen MR) is 120 cm³/mol. The quantitative estimate of drug-likeness (QED) is 0.251. The van der Waals surface area contributed by atoms with Gasteiger partial charge in [-0.25, -0.2) is 4.39 Å². The Morgan fingerprint density at radius 2 is 2.07 bits per heavy atom. The van der Waals surface area contributed by atoms with Gasteiger partial charge in [0.15, 0.2) is 5.78 Å². The summed E-state index contributed by atoms with van der Waals surface area (Å²) in [5.41, 5.74) is 0.981. The average molecular weight is 422 g/mol. The molecule has 1 N–H and O–H groups in total. The first-order valence-corrected chi connectivity index (χ1v) is 9.27. The van der Waals surface area contributed by atoms with Gasteiger partial charge in [-0.15, -0.1) is 0 Å². The van der Waals surface area contributed by atoms with Crippen molar-refractivity contribution in [2.75, 3.05) is 0 Å². The number of pyridine rings is 2. The van der Waals surface area contributed by atoms with Crippen molar-refractivity contribution < 1.29 is 9.18 Å². The van der Waals surface area contributed by atoms with Crippen molar-refractivity contribution in [3.63, 3.8) is 0 Å². The molecule has 0 aliphatic rings. The monoisotopic (exact) mass is 421 g/mol. The van der Waals surface area contributed by atoms with Crippen molar-refractivity contribution in [3.8, 4) is 0 Å². The van der Waals surface area contributed by atoms with Crippen LogP contribution in [0.4, 0.5) is 4.39 Å². The number of rotatable bonds is 6. The molecule has 7 heteroatoms. The van der Waals surface area contributed by atoms with Crippen molar-refractivity contribution in [1.29, 1.82) is 0 Å². The first-order valence-electron chi connectivity index (χ1n) is 8.90. The highest BCUT2D eigenvalue weighted by Crippen LogP contribution is 2.29. The van der Waals surface area contributed by atoms with E-state index in [1.807, 2.05) is 0 Å². The molecule has 2 heterocycles. The highest BCUT2D eigenvalue weighted by Gasteiger charge is 2.19. The Morgan fingerprint density at radius 3 is 2.77 bits per heavy atom. The molecular weight excluding hydrogens is 405 g/mol. The number of nitrogens with zero attached hydrogens (tertiary/aromatic N) is 2. The minimum Gasteiger partial charge on any atom is -0.321 e. The van der Waals surface area contributed by atoms with Gasteiger partial charge in [0.1, 0.15) is 5.83 Å². The summed E-state index contributed by atoms with van der Waals surface area (Å²) in [6.45, 7) is 4.82. The number of hydrogen-bond donors (Lipinski definition) is 1. The molecule has 0 saturated carbocycles. The Hall–Kier alpha value is -3.64. The molecule has 3 aromatic rings. The van der Waals surface area contributed by atoms with E-state index in [0.717, 1.165) is 6.20 Å². The van der Waals surface area contributed by atoms with E-state index < -0.39 is 17.2 Å². The number of aliphatic imine (C=N–C) groups is 1. The van der Waals surface area contributed by atoms with Crippen LogP contribution in [0.2, 0.25) is 5.02 Å². The second-order valence-electron chi connectivity index (χ2n) is 6.37. The van der Waals surface area contributed by atoms with Crippen molar-refractivity contribution in [2.45, 2.75) is 6.92 Å². The van der Waals surface area contributed by atoms with Crippen LogP contribution in [0.5, 0.6) is 0 Å². The topological polar surface area (TPSA) is 75.2 Å². The first kappa shape index (κ1) is 21.1. The molecule has 0 fully saturated rings. The number of H-pyrrole nitrogens is 1. The zero-order chi connectivity index (χ0) is 21.7. The number of ketones is 1. The number of allylic oxidation sites excluding steroid dienone is 4. The van der Waals surface area contributed by atoms with Crippen molar-refractivity contribution in [1.82, 2.24) is 9.97 Å². The van der Waals surface area contributed by atoms with Crippen LogP contribution in [0.3, 0.4) is 0 Å². The summed E-state index contributed by atoms with van der Waals surface area (Å²) >= 11 is 6.14. The zero-order valence-electron chi connectivity index (χ0n) is 16.0. The minimum atomic E-state index is -0.666. The van der Waals surface area contributed by atoms with E-state index in [9.17, 15) is 14.0 Å². The van der Waals surface area contributed by atoms with Gasteiger partial charge in [0.05, 0.1) is 17.5 Å². The zero-order valence-corrected chi connectivity index (χ0v) is 16.8. The van der Waals surface area contributed by atoms with Crippen molar-refractivity contribution in [2.24, 2.45) is 4.99 Å². The van der Waals surface area contributed by atoms with Crippen LogP contribution >= 0.6 is 11.6 Å². The summed E-state index contributed by atoms with van der Waals surface area (Å²) in [5, 5.41) is 0.930. The lowest BCUT2D eigenvalue weighted by Crippen LogP contribution is -2.19. The third-order valence-corrected chi connectivity index (χ3v) is 4.51. The van der Waals surface area contributed by atoms with Gasteiger partial charge in [-0.3, -0.25) is 19.6 Å². The van der Waals surface area contributed by atoms with E-state index in [4.69, 9.17) is 11.6 Å². The van der Waals surface area contributed by atoms with Crippen LogP contribution in [0.1, 0.15) is 28.5 Å². The summed E-state index contributed by atoms with van der Waals surface area (Å²) in [6, 6.07) is 10.1. The molecule has 0 amide bonds. The highest BCUT2D eigenvalue weighted by molar-refractivity contribution is 6.31. The SMILES string of the molecule is C=N/C=C(F)\C=C(/C)c1c(C(=O)/C=C/c2ccccn2)c(=O)[nH]c2ccc(Cl)cc12. The number of fused-ring (bicyclic) bond motifs is 1. The van der Waals surface area contributed by atoms with Crippen LogP contribution in [0.15, 0.2) is 76.6 Å². The molecule has 0 bridgehead atoms. The van der Waals surface area contributed by atoms with Gasteiger partial charge in [-0.2, -0.15) is 0 Å². The lowest BCUT2D eigenvalue weighted by Gasteiger charge is -2.12. The summed E-state index contributed by atoms with van der Waals surface area (Å²) in [4.78, 5) is 36.0. The molecule has 0 saturated heterocycles. The smallest absolute Gasteiger partial charge is 0.260 e. The van der Waals surface area contributed by atoms with Crippen LogP contribution in [0, 0.1) is 0 Å². The fourth-order valence-electron chi connectivity index (χ4n) is 3.03. The lowest BCUT2D eigenvalue weighted by molar-refractivity contribution is 0.104. The number of nitrogens with one attached hydrogen (secondary N) is 1. The first-order chi connectivity index (χ1) is 14.4. The molecule has 30 heavy (non-hydrogen) atoms. The Morgan fingerprint density at radius 1 is 1.27 bits per heavy atom. The maximum Gasteiger partial charge on any atom is 0.260 e. The number of carbonyl (C=O) groups excluding carboxylic acids is 1. The number of hydrogen-bond acceptors (Lipinski definition) is 4. The van der Waals surface area contributed by atoms with E-state index in [1.54, 1.807) is 49.5 Å². The van der Waals surface area contributed by atoms with Gasteiger partial charge >= 0.3 is 0 Å². The van der Waals surface area contributed by atoms with Gasteiger partial charge < -0.3 is 4.98 Å². The minimum absolute atomic E-state index is 0.120. The number of benzene rings is 1. The molecule has 0 radical (unpaired) electrons. The van der Waals surface area contributed by atoms with E-state index in [1.165, 1.54) is 18.2 Å². The molecule has 0 aliphatic heterocycles. The second-order valence-corrected chi connectivity index (χ2v) is 6.81. The Balaban J connectivity index is 2.25. The highest BCUT2D eigenvalue weighted by atomic mass is 35.5. The van der Waals surface area contributed by atoms with E-state index in [-0.39, 0.29) is 5.56 Å². The lowest BCUT2D eigenvalue weighted by atomic mass is 9.94. The molecule has 5 nitrogen and oxygen atoms in total. The summed E-state index contributed by atoms with van der Waals surface area (Å²) < 4.78 is 14.1. The maximum absolute atomic E-state index is 14.1. The van der Waals surface area contributed by atoms with Gasteiger partial charge in [0.25, 0.3) is 5.56 Å². The predicted octanol–water partition coefficient (Wildman–Crippen LogP) is 5.39. The number of aromatic amines is 1. The molecule has 0 aliphatic carbocycles. The van der Waals surface area contributed by atoms with E-state index in [0.29, 0.717) is 32.8 Å². The third kappa shape index (κ3) is 4.67. The van der Waals surface area contributed by atoms with E-state index in [2.05, 4.69) is 21.7 Å². The Labute approximate surface area is 177 Å². The molecule has 150 valence electrons. The largest absolute Gasteiger partial charge is 0.321 e. The standard InChI is InChI=1S/C23H17ClFN3O2/c1-14(11-16(25)13-26-2)21-18-12-15(24)6-8-19(18)28-23(30)22(21)20(29)9-7-17-5-3-4-10-27-17/h3-13H,2H2,1H3,(H,28,30)/b9-7+,14-11+,16-13+. The fraction of sp³-hybridized carbons (Fsp3) is 0.0435. The Bertz CT molecular complexity index is 1270. The number of carbonyl (C=O) groups is 1. The second kappa shape index (κ2) is 9.24. The summed E-state index contributed by atoms with van der Waals surface area (Å²) in [7, 11) is 0. The van der Waals surface area contributed by atoms with Crippen LogP contribution < -0.4 is 5.56 Å². The molecule has 0 spiro atoms. The Kier molecular flexibility index (Phi) is 6.49. The van der Waals surface area contributed by atoms with Crippen LogP contribution in [0.25, 0.3) is 22.6 Å². The maximum atomic E-state index is 14.1. The number of halogens is 2. The molecule has 3 rings (SSSR count). The summed E-state index contributed by atoms with van der Waals surface area (Å²) in [5.74, 6) is -1.21. The molecule has 2 aromatic heterocycles. The van der Waals surface area contributed by atoms with E-state index >= 15 is 0 Å². The third-order valence-electron chi connectivity index (χ3n) is 4.28. The summed E-state index contributed by atoms with van der Waals surface area (Å²) in [6.07, 6.45) is 6.49. The van der Waals surface area contributed by atoms with Crippen molar-refractivity contribution in [3.05, 3.63) is 99.0 Å². The van der Waals surface area contributed by atoms with Gasteiger partial charge in [0.2, 0.25) is 0 Å². The molecule has 0 atom stereocenters. The average Bonchev–Trinajstić information content (AvgIpc) is 2.72. The van der Waals surface area contributed by atoms with Crippen molar-refractivity contribution >= 4 is 46.7 Å². The molecular formula is C23H17ClFN3O2. The van der Waals surface area contributed by atoms with Crippen LogP contribution in [-0.4, -0.2) is 22.5 Å². The number of aromatic nitrogens is 2. The van der Waals surface area contributed by atoms with Gasteiger partial charge in [-0.05, 0) is 67.8 Å².